The van der Waals surface area contributed by atoms with Gasteiger partial charge in [0.25, 0.3) is 0 Å². The first-order valence-corrected chi connectivity index (χ1v) is 13.3. The third kappa shape index (κ3) is 4.02. The highest BCUT2D eigenvalue weighted by molar-refractivity contribution is 5.88. The third-order valence-electron chi connectivity index (χ3n) is 7.66. The number of rotatable bonds is 6. The monoisotopic (exact) mass is 517 g/mol. The lowest BCUT2D eigenvalue weighted by Gasteiger charge is -2.48. The summed E-state index contributed by atoms with van der Waals surface area (Å²) in [6.07, 6.45) is 4.04. The van der Waals surface area contributed by atoms with Crippen molar-refractivity contribution in [3.8, 4) is 5.75 Å². The first-order chi connectivity index (χ1) is 18.9. The van der Waals surface area contributed by atoms with Crippen molar-refractivity contribution in [2.24, 2.45) is 4.99 Å². The van der Waals surface area contributed by atoms with Crippen LogP contribution in [0.4, 0.5) is 5.69 Å². The Morgan fingerprint density at radius 3 is 1.87 bits per heavy atom. The van der Waals surface area contributed by atoms with Crippen LogP contribution in [0.25, 0.3) is 0 Å². The molecule has 0 bridgehead atoms. The Hall–Kier alpha value is -4.03. The van der Waals surface area contributed by atoms with Crippen LogP contribution >= 0.6 is 0 Å². The molecule has 1 atom stereocenters. The largest absolute Gasteiger partial charge is 0.456 e. The molecule has 6 rings (SSSR count). The van der Waals surface area contributed by atoms with Crippen molar-refractivity contribution in [2.75, 3.05) is 6.61 Å². The van der Waals surface area contributed by atoms with Crippen LogP contribution in [-0.4, -0.2) is 23.8 Å². The predicted octanol–water partition coefficient (Wildman–Crippen LogP) is 6.82. The molecule has 196 valence electrons. The van der Waals surface area contributed by atoms with Crippen molar-refractivity contribution in [2.45, 2.75) is 38.7 Å². The van der Waals surface area contributed by atoms with E-state index in [1.54, 1.807) is 0 Å². The number of ether oxygens (including phenoxy) is 2. The topological polar surface area (TPSA) is 51.1 Å². The van der Waals surface area contributed by atoms with E-state index in [0.717, 1.165) is 39.3 Å². The molecule has 4 aromatic carbocycles. The van der Waals surface area contributed by atoms with E-state index in [1.165, 1.54) is 0 Å². The molecule has 2 aliphatic heterocycles. The molecule has 1 unspecified atom stereocenters. The van der Waals surface area contributed by atoms with Gasteiger partial charge in [0.2, 0.25) is 12.1 Å². The van der Waals surface area contributed by atoms with Gasteiger partial charge < -0.3 is 14.6 Å². The van der Waals surface area contributed by atoms with Crippen LogP contribution < -0.4 is 9.22 Å². The Kier molecular flexibility index (Phi) is 6.23. The van der Waals surface area contributed by atoms with Crippen LogP contribution in [0.3, 0.4) is 0 Å². The molecule has 0 saturated heterocycles. The molecule has 2 aliphatic rings. The molecule has 2 heterocycles. The predicted molar refractivity (Wildman–Crippen MR) is 155 cm³/mol. The molecule has 39 heavy (non-hydrogen) atoms. The average Bonchev–Trinajstić information content (AvgIpc) is 3.40. The Morgan fingerprint density at radius 2 is 1.38 bits per heavy atom. The summed E-state index contributed by atoms with van der Waals surface area (Å²) in [4.78, 5) is 4.81. The lowest BCUT2D eigenvalue weighted by atomic mass is 9.73. The molecule has 0 radical (unpaired) electrons. The van der Waals surface area contributed by atoms with E-state index in [1.807, 2.05) is 38.4 Å². The minimum absolute atomic E-state index is 0.168. The van der Waals surface area contributed by atoms with Crippen LogP contribution in [0.2, 0.25) is 0 Å². The van der Waals surface area contributed by atoms with Crippen molar-refractivity contribution in [1.29, 1.82) is 0 Å². The number of hydrogen-bond donors (Lipinski definition) is 1. The lowest BCUT2D eigenvalue weighted by molar-refractivity contribution is -0.180. The zero-order valence-corrected chi connectivity index (χ0v) is 22.5. The fourth-order valence-corrected chi connectivity index (χ4v) is 6.08. The van der Waals surface area contributed by atoms with Gasteiger partial charge >= 0.3 is 0 Å². The summed E-state index contributed by atoms with van der Waals surface area (Å²) >= 11 is 0. The van der Waals surface area contributed by atoms with Crippen LogP contribution in [0.1, 0.15) is 41.7 Å². The molecule has 5 heteroatoms. The van der Waals surface area contributed by atoms with Crippen molar-refractivity contribution in [3.63, 3.8) is 0 Å². The zero-order chi connectivity index (χ0) is 27.1. The number of aliphatic hydroxyl groups excluding tert-OH is 1. The van der Waals surface area contributed by atoms with Gasteiger partial charge in [0, 0.05) is 42.2 Å². The second-order valence-electron chi connectivity index (χ2n) is 10.7. The SMILES string of the molecule is Cc1cc2c(c([N+]3(C(c4ccccc4)(c4ccccc4)c4ccccc4)C=NC(CO)=C3)c1)OC(C)(C)OC2. The number of aliphatic imine (C=N–C) groups is 1. The fraction of sp³-hybridized carbons (Fsp3) is 0.206. The van der Waals surface area contributed by atoms with E-state index in [-0.39, 0.29) is 11.1 Å². The first kappa shape index (κ1) is 25.3. The smallest absolute Gasteiger partial charge is 0.205 e. The van der Waals surface area contributed by atoms with Gasteiger partial charge in [-0.2, -0.15) is 4.99 Å². The number of fused-ring (bicyclic) bond motifs is 1. The third-order valence-corrected chi connectivity index (χ3v) is 7.66. The molecule has 0 fully saturated rings. The number of nitrogens with zero attached hydrogens (tertiary/aromatic N) is 2. The molecule has 0 aromatic heterocycles. The van der Waals surface area contributed by atoms with Crippen molar-refractivity contribution >= 4 is 12.0 Å². The highest BCUT2D eigenvalue weighted by atomic mass is 16.7. The Bertz CT molecular complexity index is 1450. The van der Waals surface area contributed by atoms with Crippen molar-refractivity contribution < 1.29 is 14.6 Å². The number of aliphatic hydroxyl groups is 1. The molecule has 0 spiro atoms. The fourth-order valence-electron chi connectivity index (χ4n) is 6.08. The normalized spacial score (nSPS) is 19.7. The van der Waals surface area contributed by atoms with E-state index >= 15 is 0 Å². The van der Waals surface area contributed by atoms with E-state index in [9.17, 15) is 5.11 Å². The molecular weight excluding hydrogens is 484 g/mol. The van der Waals surface area contributed by atoms with Crippen molar-refractivity contribution in [1.82, 2.24) is 4.48 Å². The van der Waals surface area contributed by atoms with Gasteiger partial charge in [-0.3, -0.25) is 0 Å². The number of quaternary nitrogens is 1. The maximum Gasteiger partial charge on any atom is 0.205 e. The summed E-state index contributed by atoms with van der Waals surface area (Å²) < 4.78 is 12.9. The number of hydrogen-bond acceptors (Lipinski definition) is 4. The maximum atomic E-state index is 10.4. The first-order valence-electron chi connectivity index (χ1n) is 13.3. The Labute approximate surface area is 229 Å². The summed E-state index contributed by atoms with van der Waals surface area (Å²) in [5.74, 6) is -0.0121. The molecule has 4 aromatic rings. The van der Waals surface area contributed by atoms with Gasteiger partial charge in [-0.15, -0.1) is 0 Å². The minimum atomic E-state index is -0.808. The van der Waals surface area contributed by atoms with E-state index in [0.29, 0.717) is 12.3 Å². The van der Waals surface area contributed by atoms with Gasteiger partial charge in [0.05, 0.1) is 13.2 Å². The summed E-state index contributed by atoms with van der Waals surface area (Å²) in [6.45, 7) is 6.25. The van der Waals surface area contributed by atoms with Crippen LogP contribution in [0, 0.1) is 6.92 Å². The van der Waals surface area contributed by atoms with Gasteiger partial charge in [-0.05, 0) is 18.6 Å². The van der Waals surface area contributed by atoms with Gasteiger partial charge in [-0.1, -0.05) is 91.0 Å². The summed E-state index contributed by atoms with van der Waals surface area (Å²) in [5.41, 5.74) is 6.08. The molecule has 1 N–H and O–H groups in total. The van der Waals surface area contributed by atoms with E-state index < -0.39 is 11.3 Å². The highest BCUT2D eigenvalue weighted by Gasteiger charge is 2.59. The standard InChI is InChI=1S/C34H33N2O3/c1-25-19-26-23-38-33(2,3)39-32(26)31(20-25)36(21-30(22-37)35-24-36)34(27-13-7-4-8-14-27,28-15-9-5-10-16-28)29-17-11-6-12-18-29/h4-21,24,37H,22-23H2,1-3H3/q+1. The molecule has 0 aliphatic carbocycles. The molecule has 0 amide bonds. The quantitative estimate of drug-likeness (QED) is 0.226. The second-order valence-corrected chi connectivity index (χ2v) is 10.7. The second kappa shape index (κ2) is 9.62. The van der Waals surface area contributed by atoms with E-state index in [2.05, 4.69) is 98.1 Å². The number of benzene rings is 4. The van der Waals surface area contributed by atoms with Gasteiger partial charge in [0.15, 0.2) is 17.0 Å². The highest BCUT2D eigenvalue weighted by Crippen LogP contribution is 2.55. The minimum Gasteiger partial charge on any atom is -0.456 e. The summed E-state index contributed by atoms with van der Waals surface area (Å²) in [6, 6.07) is 36.0. The van der Waals surface area contributed by atoms with Crippen LogP contribution in [0.5, 0.6) is 5.75 Å². The molecular formula is C34H33N2O3+. The molecule has 5 nitrogen and oxygen atoms in total. The van der Waals surface area contributed by atoms with Gasteiger partial charge in [-0.25, -0.2) is 4.48 Å². The lowest BCUT2D eigenvalue weighted by Crippen LogP contribution is -2.60. The van der Waals surface area contributed by atoms with Crippen LogP contribution in [0.15, 0.2) is 120 Å². The zero-order valence-electron chi connectivity index (χ0n) is 22.5. The summed E-state index contributed by atoms with van der Waals surface area (Å²) in [5, 5.41) is 10.4. The van der Waals surface area contributed by atoms with Gasteiger partial charge in [0.1, 0.15) is 11.9 Å². The maximum absolute atomic E-state index is 10.4. The average molecular weight is 518 g/mol. The number of aryl methyl sites for hydroxylation is 1. The Morgan fingerprint density at radius 1 is 0.846 bits per heavy atom. The van der Waals surface area contributed by atoms with Crippen molar-refractivity contribution in [3.05, 3.63) is 143 Å². The summed E-state index contributed by atoms with van der Waals surface area (Å²) in [7, 11) is 0. The molecule has 0 saturated carbocycles. The Balaban J connectivity index is 1.82. The van der Waals surface area contributed by atoms with Crippen LogP contribution in [-0.2, 0) is 16.9 Å². The van der Waals surface area contributed by atoms with E-state index in [4.69, 9.17) is 14.5 Å².